The lowest BCUT2D eigenvalue weighted by Crippen LogP contribution is -1.87. The Morgan fingerprint density at radius 1 is 1.23 bits per heavy atom. The average molecular weight is 177 g/mol. The molecule has 1 rings (SSSR count). The molecule has 1 aromatic rings. The summed E-state index contributed by atoms with van der Waals surface area (Å²) in [6.07, 6.45) is 2.50. The van der Waals surface area contributed by atoms with Gasteiger partial charge in [0, 0.05) is 6.21 Å². The first-order valence-electron chi connectivity index (χ1n) is 4.26. The summed E-state index contributed by atoms with van der Waals surface area (Å²) >= 11 is 0. The Hall–Kier alpha value is -1.64. The van der Waals surface area contributed by atoms with Crippen molar-refractivity contribution in [1.29, 1.82) is 5.41 Å². The van der Waals surface area contributed by atoms with Gasteiger partial charge in [-0.3, -0.25) is 5.43 Å². The van der Waals surface area contributed by atoms with Gasteiger partial charge in [0.1, 0.15) is 0 Å². The molecule has 0 spiro atoms. The Balaban J connectivity index is 0.000000671. The van der Waals surface area contributed by atoms with E-state index in [4.69, 9.17) is 5.41 Å². The summed E-state index contributed by atoms with van der Waals surface area (Å²) in [5.41, 5.74) is 3.69. The topological polar surface area (TPSA) is 48.2 Å². The first kappa shape index (κ1) is 11.4. The molecule has 3 heteroatoms. The third-order valence-corrected chi connectivity index (χ3v) is 1.12. The van der Waals surface area contributed by atoms with Gasteiger partial charge in [0.25, 0.3) is 0 Å². The highest BCUT2D eigenvalue weighted by Crippen LogP contribution is 2.03. The Morgan fingerprint density at radius 2 is 1.85 bits per heavy atom. The zero-order valence-corrected chi connectivity index (χ0v) is 7.99. The molecule has 0 aromatic heterocycles. The van der Waals surface area contributed by atoms with Crippen LogP contribution in [-0.4, -0.2) is 12.4 Å². The highest BCUT2D eigenvalue weighted by atomic mass is 15.3. The minimum Gasteiger partial charge on any atom is -0.307 e. The Labute approximate surface area is 79.0 Å². The molecule has 0 aliphatic carbocycles. The summed E-state index contributed by atoms with van der Waals surface area (Å²) in [5, 5.41) is 10.4. The fourth-order valence-electron chi connectivity index (χ4n) is 0.662. The van der Waals surface area contributed by atoms with E-state index in [-0.39, 0.29) is 0 Å². The minimum atomic E-state index is 0.922. The number of hydrogen-bond donors (Lipinski definition) is 2. The number of rotatable bonds is 3. The van der Waals surface area contributed by atoms with Crippen molar-refractivity contribution < 1.29 is 0 Å². The van der Waals surface area contributed by atoms with Crippen molar-refractivity contribution in [2.45, 2.75) is 13.8 Å². The van der Waals surface area contributed by atoms with E-state index in [0.29, 0.717) is 0 Å². The van der Waals surface area contributed by atoms with Crippen molar-refractivity contribution in [2.75, 3.05) is 5.43 Å². The fraction of sp³-hybridized carbons (Fsp3) is 0.200. The minimum absolute atomic E-state index is 0.922. The van der Waals surface area contributed by atoms with E-state index in [1.165, 1.54) is 6.21 Å². The van der Waals surface area contributed by atoms with Crippen LogP contribution in [0.1, 0.15) is 13.8 Å². The number of anilines is 1. The van der Waals surface area contributed by atoms with Gasteiger partial charge in [-0.2, -0.15) is 5.10 Å². The molecule has 0 heterocycles. The van der Waals surface area contributed by atoms with E-state index >= 15 is 0 Å². The van der Waals surface area contributed by atoms with Crippen molar-refractivity contribution in [3.05, 3.63) is 30.3 Å². The van der Waals surface area contributed by atoms with E-state index in [1.54, 1.807) is 0 Å². The van der Waals surface area contributed by atoms with E-state index in [2.05, 4.69) is 10.5 Å². The van der Waals surface area contributed by atoms with Crippen molar-refractivity contribution in [3.8, 4) is 0 Å². The molecule has 0 radical (unpaired) electrons. The molecule has 1 aromatic carbocycles. The Kier molecular flexibility index (Phi) is 7.39. The molecule has 0 bridgehead atoms. The van der Waals surface area contributed by atoms with Gasteiger partial charge in [-0.1, -0.05) is 32.0 Å². The van der Waals surface area contributed by atoms with E-state index in [1.807, 2.05) is 44.2 Å². The summed E-state index contributed by atoms with van der Waals surface area (Å²) in [6, 6.07) is 9.58. The highest BCUT2D eigenvalue weighted by molar-refractivity contribution is 6.14. The third kappa shape index (κ3) is 5.61. The molecule has 0 aliphatic heterocycles. The van der Waals surface area contributed by atoms with Crippen LogP contribution in [0.25, 0.3) is 0 Å². The van der Waals surface area contributed by atoms with Gasteiger partial charge in [0.15, 0.2) is 0 Å². The smallest absolute Gasteiger partial charge is 0.0648 e. The maximum Gasteiger partial charge on any atom is 0.0648 e. The molecule has 3 nitrogen and oxygen atoms in total. The second-order valence-electron chi connectivity index (χ2n) is 1.92. The van der Waals surface area contributed by atoms with Gasteiger partial charge in [0.2, 0.25) is 0 Å². The summed E-state index contributed by atoms with van der Waals surface area (Å²) in [6.45, 7) is 4.00. The summed E-state index contributed by atoms with van der Waals surface area (Å²) < 4.78 is 0. The molecule has 0 aliphatic rings. The van der Waals surface area contributed by atoms with Crippen LogP contribution < -0.4 is 5.43 Å². The van der Waals surface area contributed by atoms with Gasteiger partial charge in [-0.05, 0) is 12.1 Å². The number of hydrazone groups is 1. The van der Waals surface area contributed by atoms with Gasteiger partial charge in [-0.15, -0.1) is 0 Å². The summed E-state index contributed by atoms with van der Waals surface area (Å²) in [7, 11) is 0. The van der Waals surface area contributed by atoms with Gasteiger partial charge in [0.05, 0.1) is 11.9 Å². The zero-order chi connectivity index (χ0) is 9.94. The quantitative estimate of drug-likeness (QED) is 0.541. The third-order valence-electron chi connectivity index (χ3n) is 1.12. The van der Waals surface area contributed by atoms with Crippen LogP contribution in [0.4, 0.5) is 5.69 Å². The van der Waals surface area contributed by atoms with Crippen molar-refractivity contribution >= 4 is 18.1 Å². The first-order valence-corrected chi connectivity index (χ1v) is 4.26. The molecule has 0 saturated carbocycles. The molecule has 0 atom stereocenters. The van der Waals surface area contributed by atoms with Crippen LogP contribution >= 0.6 is 0 Å². The Morgan fingerprint density at radius 3 is 2.38 bits per heavy atom. The largest absolute Gasteiger partial charge is 0.307 e. The van der Waals surface area contributed by atoms with Crippen molar-refractivity contribution in [2.24, 2.45) is 5.10 Å². The average Bonchev–Trinajstić information content (AvgIpc) is 2.23. The second kappa shape index (κ2) is 8.46. The first-order chi connectivity index (χ1) is 6.43. The number of nitrogens with one attached hydrogen (secondary N) is 2. The van der Waals surface area contributed by atoms with E-state index in [9.17, 15) is 0 Å². The SMILES string of the molecule is CC.N=C/C=N\Nc1ccccc1. The maximum atomic E-state index is 6.65. The van der Waals surface area contributed by atoms with Gasteiger partial charge in [-0.25, -0.2) is 0 Å². The summed E-state index contributed by atoms with van der Waals surface area (Å²) in [4.78, 5) is 0. The van der Waals surface area contributed by atoms with E-state index < -0.39 is 0 Å². The van der Waals surface area contributed by atoms with Crippen LogP contribution in [0.2, 0.25) is 0 Å². The van der Waals surface area contributed by atoms with Crippen molar-refractivity contribution in [3.63, 3.8) is 0 Å². The summed E-state index contributed by atoms with van der Waals surface area (Å²) in [5.74, 6) is 0. The molecule has 0 unspecified atom stereocenters. The van der Waals surface area contributed by atoms with Crippen LogP contribution in [0.15, 0.2) is 35.4 Å². The predicted molar refractivity (Wildman–Crippen MR) is 58.7 cm³/mol. The molecule has 2 N–H and O–H groups in total. The molecular formula is C10H15N3. The van der Waals surface area contributed by atoms with Crippen LogP contribution in [0, 0.1) is 5.41 Å². The Bertz CT molecular complexity index is 242. The molecular weight excluding hydrogens is 162 g/mol. The lowest BCUT2D eigenvalue weighted by Gasteiger charge is -1.95. The normalized spacial score (nSPS) is 8.77. The van der Waals surface area contributed by atoms with Gasteiger partial charge >= 0.3 is 0 Å². The number of para-hydroxylation sites is 1. The predicted octanol–water partition coefficient (Wildman–Crippen LogP) is 2.76. The lowest BCUT2D eigenvalue weighted by molar-refractivity contribution is 1.36. The van der Waals surface area contributed by atoms with Gasteiger partial charge < -0.3 is 5.41 Å². The van der Waals surface area contributed by atoms with Crippen LogP contribution in [0.3, 0.4) is 0 Å². The van der Waals surface area contributed by atoms with Crippen molar-refractivity contribution in [1.82, 2.24) is 0 Å². The molecule has 0 fully saturated rings. The van der Waals surface area contributed by atoms with Crippen LogP contribution in [0.5, 0.6) is 0 Å². The molecule has 0 amide bonds. The highest BCUT2D eigenvalue weighted by Gasteiger charge is 1.81. The second-order valence-corrected chi connectivity index (χ2v) is 1.92. The number of benzene rings is 1. The fourth-order valence-corrected chi connectivity index (χ4v) is 0.662. The molecule has 0 saturated heterocycles. The van der Waals surface area contributed by atoms with Crippen LogP contribution in [-0.2, 0) is 0 Å². The standard InChI is InChI=1S/C8H9N3.C2H6/c9-6-7-10-11-8-4-2-1-3-5-8;1-2/h1-7,9,11H;1-2H3/b9-6?,10-7-;. The lowest BCUT2D eigenvalue weighted by atomic mass is 10.3. The number of nitrogens with zero attached hydrogens (tertiary/aromatic N) is 1. The molecule has 13 heavy (non-hydrogen) atoms. The monoisotopic (exact) mass is 177 g/mol. The molecule has 70 valence electrons. The zero-order valence-electron chi connectivity index (χ0n) is 7.99. The number of hydrogen-bond acceptors (Lipinski definition) is 3. The van der Waals surface area contributed by atoms with E-state index in [0.717, 1.165) is 11.9 Å². The maximum absolute atomic E-state index is 6.65.